The molecule has 3 aromatic rings. The van der Waals surface area contributed by atoms with Gasteiger partial charge in [-0.05, 0) is 57.1 Å². The molecule has 34 heavy (non-hydrogen) atoms. The van der Waals surface area contributed by atoms with Crippen LogP contribution in [0.3, 0.4) is 0 Å². The van der Waals surface area contributed by atoms with Crippen LogP contribution in [0.15, 0.2) is 41.3 Å². The van der Waals surface area contributed by atoms with Gasteiger partial charge in [0.2, 0.25) is 5.95 Å². The van der Waals surface area contributed by atoms with Gasteiger partial charge < -0.3 is 15.2 Å². The lowest BCUT2D eigenvalue weighted by molar-refractivity contribution is 0.102. The Kier molecular flexibility index (Phi) is 6.89. The number of thiazole rings is 1. The van der Waals surface area contributed by atoms with Gasteiger partial charge in [0.25, 0.3) is 5.91 Å². The van der Waals surface area contributed by atoms with Gasteiger partial charge >= 0.3 is 6.03 Å². The van der Waals surface area contributed by atoms with Crippen molar-refractivity contribution in [3.05, 3.63) is 52.0 Å². The summed E-state index contributed by atoms with van der Waals surface area (Å²) in [6.45, 7) is 2.12. The van der Waals surface area contributed by atoms with E-state index in [1.807, 2.05) is 29.2 Å². The minimum atomic E-state index is -0.272. The molecule has 0 saturated carbocycles. The van der Waals surface area contributed by atoms with Crippen molar-refractivity contribution in [2.24, 2.45) is 0 Å². The van der Waals surface area contributed by atoms with Crippen LogP contribution in [-0.4, -0.2) is 51.4 Å². The largest absolute Gasteiger partial charge is 0.338 e. The van der Waals surface area contributed by atoms with Crippen LogP contribution in [0.5, 0.6) is 0 Å². The van der Waals surface area contributed by atoms with Crippen molar-refractivity contribution in [1.82, 2.24) is 25.2 Å². The quantitative estimate of drug-likeness (QED) is 0.431. The second kappa shape index (κ2) is 10.4. The molecule has 3 heterocycles. The van der Waals surface area contributed by atoms with Gasteiger partial charge in [-0.25, -0.2) is 14.8 Å². The lowest BCUT2D eigenvalue weighted by Crippen LogP contribution is -2.44. The summed E-state index contributed by atoms with van der Waals surface area (Å²) in [5, 5.41) is 8.64. The third-order valence-electron chi connectivity index (χ3n) is 6.61. The van der Waals surface area contributed by atoms with Crippen molar-refractivity contribution in [2.75, 3.05) is 25.0 Å². The third kappa shape index (κ3) is 5.30. The van der Waals surface area contributed by atoms with Gasteiger partial charge in [-0.15, -0.1) is 11.3 Å². The number of rotatable bonds is 6. The number of hydrogen-bond donors (Lipinski definition) is 3. The molecule has 0 radical (unpaired) electrons. The van der Waals surface area contributed by atoms with Gasteiger partial charge in [0.1, 0.15) is 5.69 Å². The van der Waals surface area contributed by atoms with Gasteiger partial charge in [0, 0.05) is 30.9 Å². The van der Waals surface area contributed by atoms with E-state index >= 15 is 0 Å². The highest BCUT2D eigenvalue weighted by atomic mass is 32.1. The molecule has 3 amide bonds. The Balaban J connectivity index is 1.09. The lowest BCUT2D eigenvalue weighted by atomic mass is 9.97. The normalized spacial score (nSPS) is 16.9. The molecule has 0 spiro atoms. The first kappa shape index (κ1) is 22.6. The monoisotopic (exact) mass is 478 g/mol. The predicted molar refractivity (Wildman–Crippen MR) is 134 cm³/mol. The summed E-state index contributed by atoms with van der Waals surface area (Å²) in [6, 6.07) is 7.66. The van der Waals surface area contributed by atoms with E-state index in [9.17, 15) is 9.59 Å². The van der Waals surface area contributed by atoms with E-state index < -0.39 is 0 Å². The first-order chi connectivity index (χ1) is 16.7. The van der Waals surface area contributed by atoms with Crippen molar-refractivity contribution in [2.45, 2.75) is 50.9 Å². The number of nitrogens with one attached hydrogen (secondary N) is 3. The molecule has 1 aliphatic carbocycles. The van der Waals surface area contributed by atoms with E-state index in [2.05, 4.69) is 31.7 Å². The molecule has 2 aliphatic rings. The van der Waals surface area contributed by atoms with Crippen LogP contribution in [0.25, 0.3) is 11.0 Å². The average Bonchev–Trinajstić information content (AvgIpc) is 3.52. The van der Waals surface area contributed by atoms with E-state index in [-0.39, 0.29) is 17.9 Å². The highest BCUT2D eigenvalue weighted by Gasteiger charge is 2.26. The predicted octanol–water partition coefficient (Wildman–Crippen LogP) is 5.05. The van der Waals surface area contributed by atoms with Crippen LogP contribution < -0.4 is 10.6 Å². The highest BCUT2D eigenvalue weighted by Crippen LogP contribution is 2.30. The number of carbonyl (C=O) groups excluding carboxylic acids is 2. The standard InChI is InChI=1S/C25H30N6O2S/c32-22(30-24-28-19-8-4-5-9-20(19)29-24)21-16-34-23(27-21)18-11-14-31(15-12-18)25(33)26-13-10-17-6-2-1-3-7-17/h4-6,8-9,16,18H,1-3,7,10-15H2,(H,26,33)(H2,28,29,30,32). The molecule has 2 aromatic heterocycles. The van der Waals surface area contributed by atoms with Crippen LogP contribution in [-0.2, 0) is 0 Å². The summed E-state index contributed by atoms with van der Waals surface area (Å²) in [6.07, 6.45) is 9.92. The summed E-state index contributed by atoms with van der Waals surface area (Å²) in [7, 11) is 0. The smallest absolute Gasteiger partial charge is 0.317 e. The van der Waals surface area contributed by atoms with Crippen LogP contribution in [0, 0.1) is 0 Å². The van der Waals surface area contributed by atoms with E-state index in [4.69, 9.17) is 0 Å². The zero-order chi connectivity index (χ0) is 23.3. The zero-order valence-corrected chi connectivity index (χ0v) is 20.0. The summed E-state index contributed by atoms with van der Waals surface area (Å²) >= 11 is 1.51. The molecule has 178 valence electrons. The third-order valence-corrected chi connectivity index (χ3v) is 7.62. The summed E-state index contributed by atoms with van der Waals surface area (Å²) < 4.78 is 0. The Morgan fingerprint density at radius 2 is 2.00 bits per heavy atom. The minimum absolute atomic E-state index is 0.0277. The van der Waals surface area contributed by atoms with Crippen molar-refractivity contribution >= 4 is 40.3 Å². The summed E-state index contributed by atoms with van der Waals surface area (Å²) in [5.41, 5.74) is 3.56. The Bertz CT molecular complexity index is 1160. The molecule has 1 saturated heterocycles. The van der Waals surface area contributed by atoms with E-state index in [0.717, 1.165) is 35.3 Å². The number of piperidine rings is 1. The maximum atomic E-state index is 12.7. The van der Waals surface area contributed by atoms with Crippen molar-refractivity contribution in [3.63, 3.8) is 0 Å². The number of aromatic amines is 1. The van der Waals surface area contributed by atoms with E-state index in [1.165, 1.54) is 42.6 Å². The maximum absolute atomic E-state index is 12.7. The first-order valence-electron chi connectivity index (χ1n) is 12.1. The summed E-state index contributed by atoms with van der Waals surface area (Å²) in [4.78, 5) is 39.2. The number of imidazole rings is 1. The molecule has 1 aliphatic heterocycles. The molecule has 9 heteroatoms. The Labute approximate surface area is 202 Å². The number of aromatic nitrogens is 3. The number of nitrogens with zero attached hydrogens (tertiary/aromatic N) is 3. The van der Waals surface area contributed by atoms with Gasteiger partial charge in [-0.1, -0.05) is 23.8 Å². The Morgan fingerprint density at radius 3 is 2.79 bits per heavy atom. The molecule has 5 rings (SSSR count). The van der Waals surface area contributed by atoms with E-state index in [1.54, 1.807) is 5.38 Å². The van der Waals surface area contributed by atoms with Crippen LogP contribution in [0.2, 0.25) is 0 Å². The molecule has 1 aromatic carbocycles. The molecule has 0 unspecified atom stereocenters. The second-order valence-corrected chi connectivity index (χ2v) is 9.87. The number of likely N-dealkylation sites (tertiary alicyclic amines) is 1. The number of allylic oxidation sites excluding steroid dienone is 1. The average molecular weight is 479 g/mol. The van der Waals surface area contributed by atoms with E-state index in [0.29, 0.717) is 31.3 Å². The van der Waals surface area contributed by atoms with Crippen molar-refractivity contribution < 1.29 is 9.59 Å². The number of benzene rings is 1. The number of amides is 3. The number of fused-ring (bicyclic) bond motifs is 1. The van der Waals surface area contributed by atoms with Crippen molar-refractivity contribution in [1.29, 1.82) is 0 Å². The van der Waals surface area contributed by atoms with Crippen LogP contribution in [0.4, 0.5) is 10.7 Å². The molecule has 8 nitrogen and oxygen atoms in total. The van der Waals surface area contributed by atoms with Gasteiger partial charge in [0.15, 0.2) is 0 Å². The summed E-state index contributed by atoms with van der Waals surface area (Å²) in [5.74, 6) is 0.417. The molecule has 0 atom stereocenters. The molecular weight excluding hydrogens is 448 g/mol. The number of anilines is 1. The number of H-pyrrole nitrogens is 1. The number of carbonyl (C=O) groups is 2. The second-order valence-electron chi connectivity index (χ2n) is 8.98. The molecular formula is C25H30N6O2S. The van der Waals surface area contributed by atoms with Crippen LogP contribution in [0.1, 0.15) is 66.4 Å². The Hall–Kier alpha value is -3.20. The van der Waals surface area contributed by atoms with Gasteiger partial charge in [-0.3, -0.25) is 10.1 Å². The zero-order valence-electron chi connectivity index (χ0n) is 19.2. The van der Waals surface area contributed by atoms with Gasteiger partial charge in [0.05, 0.1) is 16.0 Å². The van der Waals surface area contributed by atoms with Crippen LogP contribution >= 0.6 is 11.3 Å². The first-order valence-corrected chi connectivity index (χ1v) is 13.0. The lowest BCUT2D eigenvalue weighted by Gasteiger charge is -2.31. The fraction of sp³-hybridized carbons (Fsp3) is 0.440. The minimum Gasteiger partial charge on any atom is -0.338 e. The van der Waals surface area contributed by atoms with Gasteiger partial charge in [-0.2, -0.15) is 0 Å². The maximum Gasteiger partial charge on any atom is 0.317 e. The molecule has 0 bridgehead atoms. The molecule has 3 N–H and O–H groups in total. The fourth-order valence-electron chi connectivity index (χ4n) is 4.67. The number of hydrogen-bond acceptors (Lipinski definition) is 5. The topological polar surface area (TPSA) is 103 Å². The number of para-hydroxylation sites is 2. The Morgan fingerprint density at radius 1 is 1.15 bits per heavy atom. The van der Waals surface area contributed by atoms with Crippen molar-refractivity contribution in [3.8, 4) is 0 Å². The molecule has 1 fully saturated rings. The number of urea groups is 1. The SMILES string of the molecule is O=C(Nc1nc2ccccc2[nH]1)c1csc(C2CCN(C(=O)NCCC3=CCCCC3)CC2)n1. The fourth-order valence-corrected chi connectivity index (χ4v) is 5.64. The highest BCUT2D eigenvalue weighted by molar-refractivity contribution is 7.10.